The van der Waals surface area contributed by atoms with E-state index in [1.807, 2.05) is 31.2 Å². The van der Waals surface area contributed by atoms with Crippen LogP contribution < -0.4 is 5.32 Å². The molecule has 0 radical (unpaired) electrons. The SMILES string of the molecule is Cc1c(CNC(C)C)noc1-c1ccc(Cl)cc1. The number of nitrogens with zero attached hydrogens (tertiary/aromatic N) is 1. The number of nitrogens with one attached hydrogen (secondary N) is 1. The maximum atomic E-state index is 5.87. The van der Waals surface area contributed by atoms with Crippen LogP contribution in [0.4, 0.5) is 0 Å². The van der Waals surface area contributed by atoms with Crippen LogP contribution >= 0.6 is 11.6 Å². The monoisotopic (exact) mass is 264 g/mol. The van der Waals surface area contributed by atoms with Crippen molar-refractivity contribution in [2.45, 2.75) is 33.4 Å². The van der Waals surface area contributed by atoms with Gasteiger partial charge in [-0.15, -0.1) is 0 Å². The van der Waals surface area contributed by atoms with Gasteiger partial charge in [-0.3, -0.25) is 0 Å². The number of halogens is 1. The van der Waals surface area contributed by atoms with Crippen LogP contribution in [-0.2, 0) is 6.54 Å². The van der Waals surface area contributed by atoms with Crippen LogP contribution in [0.5, 0.6) is 0 Å². The van der Waals surface area contributed by atoms with Crippen LogP contribution in [0.25, 0.3) is 11.3 Å². The summed E-state index contributed by atoms with van der Waals surface area (Å²) in [6.07, 6.45) is 0. The topological polar surface area (TPSA) is 38.1 Å². The van der Waals surface area contributed by atoms with Crippen LogP contribution in [0, 0.1) is 6.92 Å². The van der Waals surface area contributed by atoms with Crippen molar-refractivity contribution in [2.75, 3.05) is 0 Å². The molecular formula is C14H17ClN2O. The molecule has 0 amide bonds. The number of benzene rings is 1. The second-order valence-electron chi connectivity index (χ2n) is 4.63. The van der Waals surface area contributed by atoms with Crippen molar-refractivity contribution in [3.05, 3.63) is 40.5 Å². The van der Waals surface area contributed by atoms with Crippen molar-refractivity contribution in [2.24, 2.45) is 0 Å². The normalized spacial score (nSPS) is 11.2. The zero-order valence-corrected chi connectivity index (χ0v) is 11.6. The molecule has 1 N–H and O–H groups in total. The largest absolute Gasteiger partial charge is 0.356 e. The quantitative estimate of drug-likeness (QED) is 0.913. The van der Waals surface area contributed by atoms with E-state index in [0.717, 1.165) is 34.1 Å². The van der Waals surface area contributed by atoms with Crippen molar-refractivity contribution < 1.29 is 4.52 Å². The molecule has 3 nitrogen and oxygen atoms in total. The van der Waals surface area contributed by atoms with E-state index in [9.17, 15) is 0 Å². The van der Waals surface area contributed by atoms with E-state index in [4.69, 9.17) is 16.1 Å². The van der Waals surface area contributed by atoms with Crippen LogP contribution in [0.3, 0.4) is 0 Å². The first-order valence-electron chi connectivity index (χ1n) is 6.02. The first kappa shape index (κ1) is 13.1. The molecule has 1 aromatic carbocycles. The highest BCUT2D eigenvalue weighted by Gasteiger charge is 2.13. The highest BCUT2D eigenvalue weighted by atomic mass is 35.5. The Morgan fingerprint density at radius 3 is 2.56 bits per heavy atom. The Bertz CT molecular complexity index is 517. The van der Waals surface area contributed by atoms with Crippen LogP contribution in [0.15, 0.2) is 28.8 Å². The smallest absolute Gasteiger partial charge is 0.170 e. The molecule has 0 saturated carbocycles. The summed E-state index contributed by atoms with van der Waals surface area (Å²) in [5.41, 5.74) is 3.03. The fourth-order valence-electron chi connectivity index (χ4n) is 1.70. The molecule has 0 saturated heterocycles. The standard InChI is InChI=1S/C14H17ClN2O/c1-9(2)16-8-13-10(3)14(18-17-13)11-4-6-12(15)7-5-11/h4-7,9,16H,8H2,1-3H3. The minimum absolute atomic E-state index is 0.431. The van der Waals surface area contributed by atoms with E-state index in [-0.39, 0.29) is 0 Å². The van der Waals surface area contributed by atoms with E-state index in [1.54, 1.807) is 0 Å². The van der Waals surface area contributed by atoms with Crippen molar-refractivity contribution in [1.82, 2.24) is 10.5 Å². The Balaban J connectivity index is 2.22. The Morgan fingerprint density at radius 1 is 1.28 bits per heavy atom. The summed E-state index contributed by atoms with van der Waals surface area (Å²) in [4.78, 5) is 0. The van der Waals surface area contributed by atoms with Gasteiger partial charge in [0.15, 0.2) is 5.76 Å². The third-order valence-corrected chi connectivity index (χ3v) is 3.06. The van der Waals surface area contributed by atoms with Gasteiger partial charge in [-0.1, -0.05) is 30.6 Å². The van der Waals surface area contributed by atoms with Crippen molar-refractivity contribution in [3.8, 4) is 11.3 Å². The molecule has 4 heteroatoms. The fraction of sp³-hybridized carbons (Fsp3) is 0.357. The van der Waals surface area contributed by atoms with E-state index in [1.165, 1.54) is 0 Å². The zero-order chi connectivity index (χ0) is 13.1. The van der Waals surface area contributed by atoms with E-state index >= 15 is 0 Å². The highest BCUT2D eigenvalue weighted by molar-refractivity contribution is 6.30. The van der Waals surface area contributed by atoms with Gasteiger partial charge in [0, 0.05) is 28.7 Å². The Labute approximate surface area is 112 Å². The maximum Gasteiger partial charge on any atom is 0.170 e. The lowest BCUT2D eigenvalue weighted by molar-refractivity contribution is 0.417. The molecular weight excluding hydrogens is 248 g/mol. The number of hydrogen-bond acceptors (Lipinski definition) is 3. The summed E-state index contributed by atoms with van der Waals surface area (Å²) in [7, 11) is 0. The Kier molecular flexibility index (Phi) is 4.04. The third kappa shape index (κ3) is 2.92. The lowest BCUT2D eigenvalue weighted by Gasteiger charge is -2.05. The van der Waals surface area contributed by atoms with Gasteiger partial charge in [0.05, 0.1) is 0 Å². The summed E-state index contributed by atoms with van der Waals surface area (Å²) < 4.78 is 5.42. The van der Waals surface area contributed by atoms with Crippen molar-refractivity contribution in [1.29, 1.82) is 0 Å². The fourth-order valence-corrected chi connectivity index (χ4v) is 1.83. The van der Waals surface area contributed by atoms with Crippen LogP contribution in [0.2, 0.25) is 5.02 Å². The Morgan fingerprint density at radius 2 is 1.94 bits per heavy atom. The number of hydrogen-bond donors (Lipinski definition) is 1. The molecule has 0 aliphatic heterocycles. The van der Waals surface area contributed by atoms with Gasteiger partial charge in [0.2, 0.25) is 0 Å². The minimum atomic E-state index is 0.431. The number of rotatable bonds is 4. The van der Waals surface area contributed by atoms with Gasteiger partial charge in [-0.2, -0.15) is 0 Å². The summed E-state index contributed by atoms with van der Waals surface area (Å²) in [5.74, 6) is 0.812. The Hall–Kier alpha value is -1.32. The zero-order valence-electron chi connectivity index (χ0n) is 10.8. The maximum absolute atomic E-state index is 5.87. The molecule has 2 aromatic rings. The van der Waals surface area contributed by atoms with Crippen LogP contribution in [-0.4, -0.2) is 11.2 Å². The highest BCUT2D eigenvalue weighted by Crippen LogP contribution is 2.26. The van der Waals surface area contributed by atoms with Gasteiger partial charge >= 0.3 is 0 Å². The average Bonchev–Trinajstić information content (AvgIpc) is 2.69. The molecule has 0 unspecified atom stereocenters. The molecule has 0 bridgehead atoms. The van der Waals surface area contributed by atoms with Gasteiger partial charge in [-0.05, 0) is 31.2 Å². The van der Waals surface area contributed by atoms with Crippen LogP contribution in [0.1, 0.15) is 25.1 Å². The molecule has 0 atom stereocenters. The molecule has 1 heterocycles. The van der Waals surface area contributed by atoms with E-state index < -0.39 is 0 Å². The lowest BCUT2D eigenvalue weighted by atomic mass is 10.1. The molecule has 0 spiro atoms. The first-order chi connectivity index (χ1) is 8.58. The summed E-state index contributed by atoms with van der Waals surface area (Å²) in [6, 6.07) is 8.01. The summed E-state index contributed by atoms with van der Waals surface area (Å²) in [6.45, 7) is 6.96. The van der Waals surface area contributed by atoms with Crippen molar-refractivity contribution in [3.63, 3.8) is 0 Å². The molecule has 0 aliphatic carbocycles. The molecule has 96 valence electrons. The molecule has 0 aliphatic rings. The molecule has 18 heavy (non-hydrogen) atoms. The summed E-state index contributed by atoms with van der Waals surface area (Å²) >= 11 is 5.87. The predicted octanol–water partition coefficient (Wildman–Crippen LogP) is 3.80. The molecule has 0 fully saturated rings. The van der Waals surface area contributed by atoms with E-state index in [2.05, 4.69) is 24.3 Å². The van der Waals surface area contributed by atoms with E-state index in [0.29, 0.717) is 6.04 Å². The van der Waals surface area contributed by atoms with Gasteiger partial charge in [-0.25, -0.2) is 0 Å². The van der Waals surface area contributed by atoms with Gasteiger partial charge < -0.3 is 9.84 Å². The molecule has 1 aromatic heterocycles. The average molecular weight is 265 g/mol. The predicted molar refractivity (Wildman–Crippen MR) is 73.7 cm³/mol. The van der Waals surface area contributed by atoms with Crippen molar-refractivity contribution >= 4 is 11.6 Å². The molecule has 2 rings (SSSR count). The third-order valence-electron chi connectivity index (χ3n) is 2.80. The second kappa shape index (κ2) is 5.55. The van der Waals surface area contributed by atoms with Gasteiger partial charge in [0.1, 0.15) is 5.69 Å². The second-order valence-corrected chi connectivity index (χ2v) is 5.06. The summed E-state index contributed by atoms with van der Waals surface area (Å²) in [5, 5.41) is 8.17. The van der Waals surface area contributed by atoms with Gasteiger partial charge in [0.25, 0.3) is 0 Å². The lowest BCUT2D eigenvalue weighted by Crippen LogP contribution is -2.22. The first-order valence-corrected chi connectivity index (χ1v) is 6.40. The number of aromatic nitrogens is 1. The minimum Gasteiger partial charge on any atom is -0.356 e.